The highest BCUT2D eigenvalue weighted by atomic mass is 32.2. The third kappa shape index (κ3) is 3.55. The molecule has 0 spiro atoms. The van der Waals surface area contributed by atoms with Crippen molar-refractivity contribution in [1.82, 2.24) is 4.98 Å². The summed E-state index contributed by atoms with van der Waals surface area (Å²) >= 11 is 1.32. The maximum atomic E-state index is 13.3. The van der Waals surface area contributed by atoms with E-state index >= 15 is 0 Å². The smallest absolute Gasteiger partial charge is 0.264 e. The molecule has 3 heterocycles. The van der Waals surface area contributed by atoms with Crippen LogP contribution in [0.15, 0.2) is 65.6 Å². The third-order valence-electron chi connectivity index (χ3n) is 5.88. The fourth-order valence-corrected chi connectivity index (χ4v) is 6.61. The fraction of sp³-hybridized carbons (Fsp3) is 0.167. The van der Waals surface area contributed by atoms with Crippen LogP contribution in [0.1, 0.15) is 22.3 Å². The molecular formula is C24H19N3O5S2. The number of carbonyl (C=O) groups is 1. The van der Waals surface area contributed by atoms with Crippen molar-refractivity contribution in [2.75, 3.05) is 23.0 Å². The molecule has 6 rings (SSSR count). The van der Waals surface area contributed by atoms with E-state index in [-0.39, 0.29) is 17.6 Å². The molecule has 2 aliphatic heterocycles. The minimum absolute atomic E-state index is 0.148. The Hall–Kier alpha value is -3.63. The standard InChI is InChI=1S/C24H19N3O5S2/c28-23(26-24-25-18-12-20-21(32-14-31-20)13-22(18)33-24)16-7-9-17(10-8-16)34(29,30)27-11-3-5-15-4-1-2-6-19(15)27/h1-2,4,6-10,12-13H,3,5,11,14H2,(H,25,26,28). The molecule has 0 bridgehead atoms. The number of para-hydroxylation sites is 1. The lowest BCUT2D eigenvalue weighted by Crippen LogP contribution is -2.35. The van der Waals surface area contributed by atoms with Gasteiger partial charge >= 0.3 is 0 Å². The number of aromatic nitrogens is 1. The van der Waals surface area contributed by atoms with Crippen LogP contribution in [0.25, 0.3) is 10.2 Å². The van der Waals surface area contributed by atoms with Gasteiger partial charge < -0.3 is 9.47 Å². The summed E-state index contributed by atoms with van der Waals surface area (Å²) in [5.41, 5.74) is 2.78. The SMILES string of the molecule is O=C(Nc1nc2cc3c(cc2s1)OCO3)c1ccc(S(=O)(=O)N2CCCc3ccccc32)cc1. The normalized spacial score (nSPS) is 14.8. The highest BCUT2D eigenvalue weighted by molar-refractivity contribution is 7.92. The van der Waals surface area contributed by atoms with Gasteiger partial charge in [0.1, 0.15) is 0 Å². The van der Waals surface area contributed by atoms with Crippen LogP contribution in [-0.2, 0) is 16.4 Å². The number of benzene rings is 3. The monoisotopic (exact) mass is 493 g/mol. The average molecular weight is 494 g/mol. The van der Waals surface area contributed by atoms with Crippen LogP contribution in [0.3, 0.4) is 0 Å². The van der Waals surface area contributed by atoms with E-state index < -0.39 is 10.0 Å². The van der Waals surface area contributed by atoms with Gasteiger partial charge in [-0.3, -0.25) is 14.4 Å². The quantitative estimate of drug-likeness (QED) is 0.452. The molecule has 1 aromatic heterocycles. The summed E-state index contributed by atoms with van der Waals surface area (Å²) in [4.78, 5) is 17.4. The van der Waals surface area contributed by atoms with Crippen molar-refractivity contribution in [3.8, 4) is 11.5 Å². The van der Waals surface area contributed by atoms with E-state index in [2.05, 4.69) is 10.3 Å². The molecule has 10 heteroatoms. The van der Waals surface area contributed by atoms with Crippen molar-refractivity contribution in [2.45, 2.75) is 17.7 Å². The number of hydrogen-bond acceptors (Lipinski definition) is 7. The first-order valence-corrected chi connectivity index (χ1v) is 13.0. The van der Waals surface area contributed by atoms with Gasteiger partial charge in [0.15, 0.2) is 16.6 Å². The zero-order valence-corrected chi connectivity index (χ0v) is 19.5. The predicted molar refractivity (Wildman–Crippen MR) is 129 cm³/mol. The van der Waals surface area contributed by atoms with E-state index in [0.29, 0.717) is 39.9 Å². The van der Waals surface area contributed by atoms with E-state index in [1.807, 2.05) is 30.3 Å². The minimum atomic E-state index is -3.73. The largest absolute Gasteiger partial charge is 0.454 e. The number of ether oxygens (including phenoxy) is 2. The second kappa shape index (κ2) is 8.00. The number of carbonyl (C=O) groups excluding carboxylic acids is 1. The van der Waals surface area contributed by atoms with Gasteiger partial charge in [-0.2, -0.15) is 0 Å². The molecule has 34 heavy (non-hydrogen) atoms. The summed E-state index contributed by atoms with van der Waals surface area (Å²) < 4.78 is 39.7. The molecule has 4 aromatic rings. The Morgan fingerprint density at radius 3 is 2.62 bits per heavy atom. The van der Waals surface area contributed by atoms with Crippen LogP contribution in [0, 0.1) is 0 Å². The van der Waals surface area contributed by atoms with Crippen LogP contribution in [0.4, 0.5) is 10.8 Å². The van der Waals surface area contributed by atoms with Crippen molar-refractivity contribution in [1.29, 1.82) is 0 Å². The molecule has 0 atom stereocenters. The van der Waals surface area contributed by atoms with Gasteiger partial charge in [-0.1, -0.05) is 29.5 Å². The van der Waals surface area contributed by atoms with Gasteiger partial charge in [-0.05, 0) is 48.7 Å². The summed E-state index contributed by atoms with van der Waals surface area (Å²) in [6, 6.07) is 17.1. The Bertz CT molecular complexity index is 1490. The van der Waals surface area contributed by atoms with E-state index in [9.17, 15) is 13.2 Å². The first-order valence-electron chi connectivity index (χ1n) is 10.7. The summed E-state index contributed by atoms with van der Waals surface area (Å²) in [5.74, 6) is 0.914. The number of rotatable bonds is 4. The molecule has 2 aliphatic rings. The molecular weight excluding hydrogens is 474 g/mol. The summed E-state index contributed by atoms with van der Waals surface area (Å²) in [7, 11) is -3.73. The summed E-state index contributed by atoms with van der Waals surface area (Å²) in [6.45, 7) is 0.616. The molecule has 1 amide bonds. The Labute approximate surface area is 199 Å². The molecule has 0 aliphatic carbocycles. The average Bonchev–Trinajstić information content (AvgIpc) is 3.47. The molecule has 0 saturated carbocycles. The van der Waals surface area contributed by atoms with E-state index in [1.165, 1.54) is 39.9 Å². The number of aryl methyl sites for hydroxylation is 1. The Balaban J connectivity index is 1.22. The third-order valence-corrected chi connectivity index (χ3v) is 8.64. The number of nitrogens with zero attached hydrogens (tertiary/aromatic N) is 2. The van der Waals surface area contributed by atoms with Crippen molar-refractivity contribution in [3.63, 3.8) is 0 Å². The van der Waals surface area contributed by atoms with Crippen molar-refractivity contribution in [3.05, 3.63) is 71.8 Å². The van der Waals surface area contributed by atoms with E-state index in [1.54, 1.807) is 6.07 Å². The van der Waals surface area contributed by atoms with Crippen molar-refractivity contribution in [2.24, 2.45) is 0 Å². The van der Waals surface area contributed by atoms with Crippen molar-refractivity contribution < 1.29 is 22.7 Å². The topological polar surface area (TPSA) is 97.8 Å². The number of sulfonamides is 1. The zero-order chi connectivity index (χ0) is 23.3. The van der Waals surface area contributed by atoms with Crippen LogP contribution < -0.4 is 19.1 Å². The maximum Gasteiger partial charge on any atom is 0.264 e. The Morgan fingerprint density at radius 1 is 1.03 bits per heavy atom. The van der Waals surface area contributed by atoms with Gasteiger partial charge in [0, 0.05) is 24.2 Å². The van der Waals surface area contributed by atoms with Crippen LogP contribution in [0.2, 0.25) is 0 Å². The predicted octanol–water partition coefficient (Wildman–Crippen LogP) is 4.42. The molecule has 0 radical (unpaired) electrons. The van der Waals surface area contributed by atoms with Crippen LogP contribution in [0.5, 0.6) is 11.5 Å². The molecule has 0 unspecified atom stereocenters. The Kier molecular flexibility index (Phi) is 4.93. The number of thiazole rings is 1. The molecule has 0 fully saturated rings. The summed E-state index contributed by atoms with van der Waals surface area (Å²) in [5, 5.41) is 3.22. The minimum Gasteiger partial charge on any atom is -0.454 e. The number of fused-ring (bicyclic) bond motifs is 3. The number of hydrogen-bond donors (Lipinski definition) is 1. The lowest BCUT2D eigenvalue weighted by molar-refractivity contribution is 0.102. The number of nitrogens with one attached hydrogen (secondary N) is 1. The van der Waals surface area contributed by atoms with Gasteiger partial charge in [0.2, 0.25) is 6.79 Å². The zero-order valence-electron chi connectivity index (χ0n) is 17.9. The van der Waals surface area contributed by atoms with E-state index in [0.717, 1.165) is 23.1 Å². The second-order valence-electron chi connectivity index (χ2n) is 7.98. The molecule has 3 aromatic carbocycles. The van der Waals surface area contributed by atoms with Gasteiger partial charge in [0.05, 0.1) is 20.8 Å². The molecule has 0 saturated heterocycles. The van der Waals surface area contributed by atoms with Gasteiger partial charge in [-0.25, -0.2) is 13.4 Å². The number of amides is 1. The molecule has 8 nitrogen and oxygen atoms in total. The maximum absolute atomic E-state index is 13.3. The highest BCUT2D eigenvalue weighted by Gasteiger charge is 2.29. The lowest BCUT2D eigenvalue weighted by atomic mass is 10.0. The molecule has 172 valence electrons. The summed E-state index contributed by atoms with van der Waals surface area (Å²) in [6.07, 6.45) is 1.62. The van der Waals surface area contributed by atoms with Gasteiger partial charge in [-0.15, -0.1) is 0 Å². The highest BCUT2D eigenvalue weighted by Crippen LogP contribution is 2.39. The fourth-order valence-electron chi connectivity index (χ4n) is 4.20. The Morgan fingerprint density at radius 2 is 1.79 bits per heavy atom. The van der Waals surface area contributed by atoms with Crippen LogP contribution >= 0.6 is 11.3 Å². The first-order chi connectivity index (χ1) is 16.5. The lowest BCUT2D eigenvalue weighted by Gasteiger charge is -2.30. The second-order valence-corrected chi connectivity index (χ2v) is 10.9. The number of anilines is 2. The van der Waals surface area contributed by atoms with Crippen molar-refractivity contribution >= 4 is 48.3 Å². The first kappa shape index (κ1) is 20.9. The van der Waals surface area contributed by atoms with Gasteiger partial charge in [0.25, 0.3) is 15.9 Å². The molecule has 1 N–H and O–H groups in total. The van der Waals surface area contributed by atoms with Crippen LogP contribution in [-0.4, -0.2) is 32.6 Å². The van der Waals surface area contributed by atoms with E-state index in [4.69, 9.17) is 9.47 Å².